The van der Waals surface area contributed by atoms with Gasteiger partial charge in [0.2, 0.25) is 0 Å². The van der Waals surface area contributed by atoms with E-state index in [1.165, 1.54) is 7.11 Å². The van der Waals surface area contributed by atoms with Gasteiger partial charge in [0.1, 0.15) is 11.5 Å². The lowest BCUT2D eigenvalue weighted by Gasteiger charge is -2.07. The van der Waals surface area contributed by atoms with E-state index in [1.807, 2.05) is 0 Å². The molecule has 0 saturated carbocycles. The third kappa shape index (κ3) is 4.84. The van der Waals surface area contributed by atoms with Gasteiger partial charge in [-0.1, -0.05) is 13.3 Å². The van der Waals surface area contributed by atoms with Crippen molar-refractivity contribution in [2.45, 2.75) is 19.8 Å². The van der Waals surface area contributed by atoms with Gasteiger partial charge in [-0.25, -0.2) is 9.59 Å². The monoisotopic (exact) mass is 328 g/mol. The minimum Gasteiger partial charge on any atom is -0.494 e. The summed E-state index contributed by atoms with van der Waals surface area (Å²) in [7, 11) is 1.31. The highest BCUT2D eigenvalue weighted by molar-refractivity contribution is 5.92. The van der Waals surface area contributed by atoms with Gasteiger partial charge in [-0.2, -0.15) is 0 Å². The van der Waals surface area contributed by atoms with Gasteiger partial charge >= 0.3 is 11.9 Å². The van der Waals surface area contributed by atoms with Crippen molar-refractivity contribution in [2.24, 2.45) is 0 Å². The zero-order valence-electron chi connectivity index (χ0n) is 13.8. The number of carbonyl (C=O) groups is 2. The molecule has 2 aromatic carbocycles. The molecular weight excluding hydrogens is 308 g/mol. The Labute approximate surface area is 141 Å². The predicted octanol–water partition coefficient (Wildman–Crippen LogP) is 3.87. The van der Waals surface area contributed by atoms with E-state index in [9.17, 15) is 9.59 Å². The number of ether oxygens (including phenoxy) is 3. The van der Waals surface area contributed by atoms with Gasteiger partial charge in [-0.05, 0) is 55.0 Å². The molecule has 0 amide bonds. The van der Waals surface area contributed by atoms with Crippen LogP contribution in [0.25, 0.3) is 0 Å². The summed E-state index contributed by atoms with van der Waals surface area (Å²) >= 11 is 0. The molecule has 0 spiro atoms. The maximum Gasteiger partial charge on any atom is 0.343 e. The van der Waals surface area contributed by atoms with Crippen molar-refractivity contribution in [3.05, 3.63) is 59.7 Å². The minimum absolute atomic E-state index is 0.357. The third-order valence-corrected chi connectivity index (χ3v) is 3.34. The summed E-state index contributed by atoms with van der Waals surface area (Å²) in [5.74, 6) is 0.172. The maximum absolute atomic E-state index is 12.1. The van der Waals surface area contributed by atoms with E-state index in [4.69, 9.17) is 9.47 Å². The van der Waals surface area contributed by atoms with Crippen LogP contribution in [0.15, 0.2) is 48.5 Å². The van der Waals surface area contributed by atoms with Gasteiger partial charge < -0.3 is 14.2 Å². The fourth-order valence-electron chi connectivity index (χ4n) is 1.96. The van der Waals surface area contributed by atoms with E-state index in [-0.39, 0.29) is 0 Å². The van der Waals surface area contributed by atoms with Crippen molar-refractivity contribution in [1.82, 2.24) is 0 Å². The normalized spacial score (nSPS) is 10.1. The van der Waals surface area contributed by atoms with Crippen LogP contribution < -0.4 is 9.47 Å². The second-order valence-corrected chi connectivity index (χ2v) is 5.13. The molecule has 0 saturated heterocycles. The third-order valence-electron chi connectivity index (χ3n) is 3.34. The van der Waals surface area contributed by atoms with Crippen molar-refractivity contribution in [2.75, 3.05) is 13.7 Å². The summed E-state index contributed by atoms with van der Waals surface area (Å²) in [6, 6.07) is 13.0. The number of hydrogen-bond donors (Lipinski definition) is 0. The first-order chi connectivity index (χ1) is 11.6. The minimum atomic E-state index is -0.471. The highest BCUT2D eigenvalue weighted by atomic mass is 16.5. The Morgan fingerprint density at radius 1 is 0.833 bits per heavy atom. The molecule has 126 valence electrons. The molecule has 2 rings (SSSR count). The Hall–Kier alpha value is -2.82. The van der Waals surface area contributed by atoms with Crippen LogP contribution in [0.2, 0.25) is 0 Å². The van der Waals surface area contributed by atoms with Crippen molar-refractivity contribution < 1.29 is 23.8 Å². The number of rotatable bonds is 7. The Bertz CT molecular complexity index is 674. The number of unbranched alkanes of at least 4 members (excludes halogenated alkanes) is 1. The zero-order chi connectivity index (χ0) is 17.4. The molecule has 0 aliphatic heterocycles. The summed E-state index contributed by atoms with van der Waals surface area (Å²) in [5.41, 5.74) is 0.820. The van der Waals surface area contributed by atoms with Crippen LogP contribution in [0.5, 0.6) is 11.5 Å². The van der Waals surface area contributed by atoms with Crippen LogP contribution >= 0.6 is 0 Å². The highest BCUT2D eigenvalue weighted by Gasteiger charge is 2.10. The van der Waals surface area contributed by atoms with Crippen LogP contribution in [0.4, 0.5) is 0 Å². The molecule has 0 aromatic heterocycles. The lowest BCUT2D eigenvalue weighted by atomic mass is 10.2. The first-order valence-electron chi connectivity index (χ1n) is 7.77. The summed E-state index contributed by atoms with van der Waals surface area (Å²) in [5, 5.41) is 0. The van der Waals surface area contributed by atoms with Crippen molar-refractivity contribution in [3.63, 3.8) is 0 Å². The Kier molecular flexibility index (Phi) is 6.37. The second kappa shape index (κ2) is 8.72. The van der Waals surface area contributed by atoms with Crippen LogP contribution in [0, 0.1) is 0 Å². The van der Waals surface area contributed by atoms with Gasteiger partial charge in [0.05, 0.1) is 24.8 Å². The average molecular weight is 328 g/mol. The van der Waals surface area contributed by atoms with E-state index in [0.717, 1.165) is 18.6 Å². The molecule has 0 heterocycles. The van der Waals surface area contributed by atoms with Gasteiger partial charge in [-0.15, -0.1) is 0 Å². The highest BCUT2D eigenvalue weighted by Crippen LogP contribution is 2.17. The summed E-state index contributed by atoms with van der Waals surface area (Å²) in [4.78, 5) is 23.5. The molecule has 0 aliphatic rings. The van der Waals surface area contributed by atoms with E-state index in [0.29, 0.717) is 23.5 Å². The standard InChI is InChI=1S/C19H20O5/c1-3-4-13-23-16-9-5-15(6-10-16)19(21)24-17-11-7-14(8-12-17)18(20)22-2/h5-12H,3-4,13H2,1-2H3. The number of methoxy groups -OCH3 is 1. The molecule has 5 nitrogen and oxygen atoms in total. The van der Waals surface area contributed by atoms with E-state index >= 15 is 0 Å². The van der Waals surface area contributed by atoms with Crippen LogP contribution in [-0.2, 0) is 4.74 Å². The van der Waals surface area contributed by atoms with Crippen molar-refractivity contribution >= 4 is 11.9 Å². The zero-order valence-corrected chi connectivity index (χ0v) is 13.8. The molecule has 5 heteroatoms. The number of hydrogen-bond acceptors (Lipinski definition) is 5. The first-order valence-corrected chi connectivity index (χ1v) is 7.77. The summed E-state index contributed by atoms with van der Waals surface area (Å²) in [6.45, 7) is 2.76. The Balaban J connectivity index is 1.95. The first kappa shape index (κ1) is 17.5. The largest absolute Gasteiger partial charge is 0.494 e. The molecule has 0 aliphatic carbocycles. The number of esters is 2. The van der Waals surface area contributed by atoms with Gasteiger partial charge in [0, 0.05) is 0 Å². The average Bonchev–Trinajstić information content (AvgIpc) is 2.62. The van der Waals surface area contributed by atoms with Gasteiger partial charge in [0.15, 0.2) is 0 Å². The fourth-order valence-corrected chi connectivity index (χ4v) is 1.96. The molecular formula is C19H20O5. The van der Waals surface area contributed by atoms with Crippen LogP contribution in [0.1, 0.15) is 40.5 Å². The lowest BCUT2D eigenvalue weighted by molar-refractivity contribution is 0.0600. The van der Waals surface area contributed by atoms with Gasteiger partial charge in [0.25, 0.3) is 0 Å². The fraction of sp³-hybridized carbons (Fsp3) is 0.263. The van der Waals surface area contributed by atoms with Crippen LogP contribution in [-0.4, -0.2) is 25.7 Å². The lowest BCUT2D eigenvalue weighted by Crippen LogP contribution is -2.09. The summed E-state index contributed by atoms with van der Waals surface area (Å²) < 4.78 is 15.4. The molecule has 0 unspecified atom stereocenters. The van der Waals surface area contributed by atoms with Crippen molar-refractivity contribution in [3.8, 4) is 11.5 Å². The van der Waals surface area contributed by atoms with E-state index < -0.39 is 11.9 Å². The van der Waals surface area contributed by atoms with E-state index in [2.05, 4.69) is 11.7 Å². The smallest absolute Gasteiger partial charge is 0.343 e. The summed E-state index contributed by atoms with van der Waals surface area (Å²) in [6.07, 6.45) is 2.06. The Morgan fingerprint density at radius 3 is 1.92 bits per heavy atom. The van der Waals surface area contributed by atoms with E-state index in [1.54, 1.807) is 48.5 Å². The topological polar surface area (TPSA) is 61.8 Å². The SMILES string of the molecule is CCCCOc1ccc(C(=O)Oc2ccc(C(=O)OC)cc2)cc1. The Morgan fingerprint density at radius 2 is 1.38 bits per heavy atom. The number of benzene rings is 2. The maximum atomic E-state index is 12.1. The molecule has 0 radical (unpaired) electrons. The van der Waals surface area contributed by atoms with Gasteiger partial charge in [-0.3, -0.25) is 0 Å². The molecule has 2 aromatic rings. The predicted molar refractivity (Wildman–Crippen MR) is 89.6 cm³/mol. The second-order valence-electron chi connectivity index (χ2n) is 5.13. The van der Waals surface area contributed by atoms with Crippen molar-refractivity contribution in [1.29, 1.82) is 0 Å². The molecule has 0 atom stereocenters. The number of carbonyl (C=O) groups excluding carboxylic acids is 2. The van der Waals surface area contributed by atoms with Crippen LogP contribution in [0.3, 0.4) is 0 Å². The molecule has 0 bridgehead atoms. The molecule has 24 heavy (non-hydrogen) atoms. The molecule has 0 N–H and O–H groups in total. The quantitative estimate of drug-likeness (QED) is 0.438. The molecule has 0 fully saturated rings.